The minimum atomic E-state index is -0.751. The molecule has 2 amide bonds. The summed E-state index contributed by atoms with van der Waals surface area (Å²) in [6, 6.07) is 0. The molecule has 0 unspecified atom stereocenters. The Morgan fingerprint density at radius 1 is 1.03 bits per heavy atom. The standard InChI is InChI=1S/C25H42N2O5/c1-3-5-6-11-18-27(4-2)25(31)24(30)26-17-16-20-19(21-14-15-22(20)32-21)12-9-7-8-10-13-23(28)29/h7,9,19-22H,3-6,8,10-18H2,1-2H3,(H,26,30)(H,28,29)/b9-7-/t19-,20+,21-,22+/m1/s1. The minimum absolute atomic E-state index is 0.205. The van der Waals surface area contributed by atoms with Gasteiger partial charge in [-0.2, -0.15) is 0 Å². The van der Waals surface area contributed by atoms with Crippen molar-refractivity contribution in [3.05, 3.63) is 12.2 Å². The molecular formula is C25H42N2O5. The normalized spacial score (nSPS) is 24.2. The molecule has 0 spiro atoms. The molecular weight excluding hydrogens is 408 g/mol. The van der Waals surface area contributed by atoms with E-state index < -0.39 is 17.8 Å². The second kappa shape index (κ2) is 14.3. The highest BCUT2D eigenvalue weighted by Crippen LogP contribution is 2.46. The number of rotatable bonds is 15. The van der Waals surface area contributed by atoms with Gasteiger partial charge < -0.3 is 20.1 Å². The number of allylic oxidation sites excluding steroid dienone is 2. The second-order valence-electron chi connectivity index (χ2n) is 9.10. The number of hydrogen-bond donors (Lipinski definition) is 2. The van der Waals surface area contributed by atoms with Crippen LogP contribution >= 0.6 is 0 Å². The number of carbonyl (C=O) groups is 3. The number of unbranched alkanes of at least 4 members (excludes halogenated alkanes) is 4. The Hall–Kier alpha value is -1.89. The zero-order valence-corrected chi connectivity index (χ0v) is 19.9. The van der Waals surface area contributed by atoms with Crippen LogP contribution in [0.15, 0.2) is 12.2 Å². The molecule has 0 aromatic heterocycles. The smallest absolute Gasteiger partial charge is 0.311 e. The van der Waals surface area contributed by atoms with E-state index in [1.165, 1.54) is 0 Å². The summed E-state index contributed by atoms with van der Waals surface area (Å²) in [6.45, 7) is 5.76. The average molecular weight is 451 g/mol. The van der Waals surface area contributed by atoms with E-state index in [4.69, 9.17) is 9.84 Å². The summed E-state index contributed by atoms with van der Waals surface area (Å²) < 4.78 is 6.13. The first-order valence-electron chi connectivity index (χ1n) is 12.6. The van der Waals surface area contributed by atoms with Crippen LogP contribution in [0.1, 0.15) is 84.5 Å². The quantitative estimate of drug-likeness (QED) is 0.224. The molecule has 7 nitrogen and oxygen atoms in total. The first-order chi connectivity index (χ1) is 15.5. The first-order valence-corrected chi connectivity index (χ1v) is 12.6. The number of carbonyl (C=O) groups excluding carboxylic acids is 2. The van der Waals surface area contributed by atoms with Crippen LogP contribution in [0.25, 0.3) is 0 Å². The maximum absolute atomic E-state index is 12.5. The van der Waals surface area contributed by atoms with Crippen LogP contribution in [-0.4, -0.2) is 59.6 Å². The van der Waals surface area contributed by atoms with Crippen molar-refractivity contribution in [2.75, 3.05) is 19.6 Å². The molecule has 2 heterocycles. The summed E-state index contributed by atoms with van der Waals surface area (Å²) in [5.74, 6) is -0.846. The van der Waals surface area contributed by atoms with E-state index in [1.54, 1.807) is 4.90 Å². The third-order valence-electron chi connectivity index (χ3n) is 6.83. The Morgan fingerprint density at radius 3 is 2.47 bits per heavy atom. The van der Waals surface area contributed by atoms with Gasteiger partial charge in [0, 0.05) is 26.1 Å². The lowest BCUT2D eigenvalue weighted by Gasteiger charge is -2.27. The van der Waals surface area contributed by atoms with Crippen LogP contribution in [0.4, 0.5) is 0 Å². The Bertz CT molecular complexity index is 636. The average Bonchev–Trinajstić information content (AvgIpc) is 3.38. The zero-order chi connectivity index (χ0) is 23.3. The van der Waals surface area contributed by atoms with E-state index in [1.807, 2.05) is 6.92 Å². The third kappa shape index (κ3) is 8.23. The van der Waals surface area contributed by atoms with Crippen LogP contribution < -0.4 is 5.32 Å². The molecule has 2 N–H and O–H groups in total. The summed E-state index contributed by atoms with van der Waals surface area (Å²) in [5.41, 5.74) is 0. The highest BCUT2D eigenvalue weighted by Gasteiger charge is 2.47. The van der Waals surface area contributed by atoms with Crippen molar-refractivity contribution < 1.29 is 24.2 Å². The molecule has 182 valence electrons. The number of likely N-dealkylation sites (N-methyl/N-ethyl adjacent to an activating group) is 1. The van der Waals surface area contributed by atoms with E-state index in [2.05, 4.69) is 24.4 Å². The van der Waals surface area contributed by atoms with Gasteiger partial charge in [0.05, 0.1) is 12.2 Å². The van der Waals surface area contributed by atoms with Crippen LogP contribution in [0, 0.1) is 11.8 Å². The van der Waals surface area contributed by atoms with Crippen LogP contribution in [0.5, 0.6) is 0 Å². The molecule has 0 radical (unpaired) electrons. The van der Waals surface area contributed by atoms with Crippen molar-refractivity contribution in [3.63, 3.8) is 0 Å². The number of aliphatic carboxylic acids is 1. The van der Waals surface area contributed by atoms with Gasteiger partial charge in [-0.1, -0.05) is 38.3 Å². The Balaban J connectivity index is 1.73. The lowest BCUT2D eigenvalue weighted by Crippen LogP contribution is -2.44. The Morgan fingerprint density at radius 2 is 1.78 bits per heavy atom. The number of ether oxygens (including phenoxy) is 1. The lowest BCUT2D eigenvalue weighted by molar-refractivity contribution is -0.145. The fourth-order valence-corrected chi connectivity index (χ4v) is 5.04. The number of nitrogens with one attached hydrogen (secondary N) is 1. The topological polar surface area (TPSA) is 95.9 Å². The summed E-state index contributed by atoms with van der Waals surface area (Å²) in [5, 5.41) is 11.6. The summed E-state index contributed by atoms with van der Waals surface area (Å²) in [6.07, 6.45) is 14.6. The molecule has 0 aromatic carbocycles. The molecule has 4 atom stereocenters. The maximum atomic E-state index is 12.5. The molecule has 2 aliphatic heterocycles. The van der Waals surface area contributed by atoms with Gasteiger partial charge in [-0.25, -0.2) is 0 Å². The molecule has 32 heavy (non-hydrogen) atoms. The summed E-state index contributed by atoms with van der Waals surface area (Å²) in [7, 11) is 0. The van der Waals surface area contributed by atoms with Gasteiger partial charge in [0.2, 0.25) is 0 Å². The predicted octanol–water partition coefficient (Wildman–Crippen LogP) is 3.92. The molecule has 0 aliphatic carbocycles. The largest absolute Gasteiger partial charge is 0.481 e. The lowest BCUT2D eigenvalue weighted by atomic mass is 9.76. The van der Waals surface area contributed by atoms with Crippen LogP contribution in [-0.2, 0) is 19.1 Å². The number of fused-ring (bicyclic) bond motifs is 2. The highest BCUT2D eigenvalue weighted by atomic mass is 16.5. The highest BCUT2D eigenvalue weighted by molar-refractivity contribution is 6.34. The van der Waals surface area contributed by atoms with Gasteiger partial charge in [-0.3, -0.25) is 14.4 Å². The van der Waals surface area contributed by atoms with Gasteiger partial charge >= 0.3 is 17.8 Å². The summed E-state index contributed by atoms with van der Waals surface area (Å²) in [4.78, 5) is 37.1. The molecule has 2 aliphatic rings. The van der Waals surface area contributed by atoms with E-state index in [9.17, 15) is 14.4 Å². The van der Waals surface area contributed by atoms with Crippen molar-refractivity contribution >= 4 is 17.8 Å². The SMILES string of the molecule is CCCCCCN(CC)C(=O)C(=O)NCC[C@H]1[C@@H](C/C=C\CCCC(=O)O)[C@H]2CC[C@@H]1O2. The molecule has 2 fully saturated rings. The van der Waals surface area contributed by atoms with Gasteiger partial charge in [0.1, 0.15) is 0 Å². The monoisotopic (exact) mass is 450 g/mol. The van der Waals surface area contributed by atoms with Crippen molar-refractivity contribution in [2.24, 2.45) is 11.8 Å². The van der Waals surface area contributed by atoms with Crippen molar-refractivity contribution in [3.8, 4) is 0 Å². The molecule has 2 rings (SSSR count). The number of nitrogens with zero attached hydrogens (tertiary/aromatic N) is 1. The van der Waals surface area contributed by atoms with Gasteiger partial charge in [-0.05, 0) is 63.7 Å². The fourth-order valence-electron chi connectivity index (χ4n) is 5.04. The predicted molar refractivity (Wildman–Crippen MR) is 124 cm³/mol. The Kier molecular flexibility index (Phi) is 11.8. The van der Waals surface area contributed by atoms with Crippen molar-refractivity contribution in [1.82, 2.24) is 10.2 Å². The Labute approximate surface area is 192 Å². The number of carboxylic acid groups (broad SMARTS) is 1. The maximum Gasteiger partial charge on any atom is 0.311 e. The molecule has 2 saturated heterocycles. The second-order valence-corrected chi connectivity index (χ2v) is 9.10. The van der Waals surface area contributed by atoms with Gasteiger partial charge in [-0.15, -0.1) is 0 Å². The van der Waals surface area contributed by atoms with E-state index in [-0.39, 0.29) is 18.6 Å². The summed E-state index contributed by atoms with van der Waals surface area (Å²) >= 11 is 0. The minimum Gasteiger partial charge on any atom is -0.481 e. The van der Waals surface area contributed by atoms with Gasteiger partial charge in [0.15, 0.2) is 0 Å². The van der Waals surface area contributed by atoms with E-state index in [0.717, 1.165) is 57.8 Å². The zero-order valence-electron chi connectivity index (χ0n) is 19.9. The number of carboxylic acids is 1. The molecule has 0 saturated carbocycles. The van der Waals surface area contributed by atoms with Gasteiger partial charge in [0.25, 0.3) is 0 Å². The van der Waals surface area contributed by atoms with E-state index >= 15 is 0 Å². The third-order valence-corrected chi connectivity index (χ3v) is 6.83. The van der Waals surface area contributed by atoms with Crippen LogP contribution in [0.2, 0.25) is 0 Å². The number of amides is 2. The van der Waals surface area contributed by atoms with Crippen LogP contribution in [0.3, 0.4) is 0 Å². The molecule has 2 bridgehead atoms. The molecule has 0 aromatic rings. The van der Waals surface area contributed by atoms with Crippen molar-refractivity contribution in [1.29, 1.82) is 0 Å². The number of hydrogen-bond acceptors (Lipinski definition) is 4. The van der Waals surface area contributed by atoms with Crippen molar-refractivity contribution in [2.45, 2.75) is 96.7 Å². The molecule has 7 heteroatoms. The fraction of sp³-hybridized carbons (Fsp3) is 0.800. The van der Waals surface area contributed by atoms with E-state index in [0.29, 0.717) is 37.9 Å². The first kappa shape index (κ1) is 26.4.